The van der Waals surface area contributed by atoms with Gasteiger partial charge in [-0.15, -0.1) is 0 Å². The quantitative estimate of drug-likeness (QED) is 0.739. The van der Waals surface area contributed by atoms with Gasteiger partial charge in [-0.1, -0.05) is 11.6 Å². The van der Waals surface area contributed by atoms with Gasteiger partial charge >= 0.3 is 0 Å². The Morgan fingerprint density at radius 1 is 1.42 bits per heavy atom. The van der Waals surface area contributed by atoms with Crippen LogP contribution in [0.5, 0.6) is 0 Å². The number of halogens is 2. The van der Waals surface area contributed by atoms with Crippen LogP contribution in [0.4, 0.5) is 5.69 Å². The minimum atomic E-state index is 0.861. The highest BCUT2D eigenvalue weighted by molar-refractivity contribution is 9.10. The standard InChI is InChI=1S/C9H9BrClN/c10-7-3-4-8-6(9(7)11)2-1-5-12-8/h3-4,12H,1-2,5H2. The van der Waals surface area contributed by atoms with Crippen molar-refractivity contribution in [3.63, 3.8) is 0 Å². The molecule has 0 unspecified atom stereocenters. The Morgan fingerprint density at radius 2 is 2.25 bits per heavy atom. The van der Waals surface area contributed by atoms with Gasteiger partial charge in [0.2, 0.25) is 0 Å². The number of hydrogen-bond donors (Lipinski definition) is 1. The summed E-state index contributed by atoms with van der Waals surface area (Å²) in [5.74, 6) is 0. The van der Waals surface area contributed by atoms with Gasteiger partial charge in [0.15, 0.2) is 0 Å². The second kappa shape index (κ2) is 3.27. The summed E-state index contributed by atoms with van der Waals surface area (Å²) in [6, 6.07) is 4.06. The molecule has 0 fully saturated rings. The zero-order chi connectivity index (χ0) is 8.55. The lowest BCUT2D eigenvalue weighted by atomic mass is 10.0. The van der Waals surface area contributed by atoms with Crippen molar-refractivity contribution in [2.75, 3.05) is 11.9 Å². The van der Waals surface area contributed by atoms with Crippen LogP contribution < -0.4 is 5.32 Å². The first-order valence-electron chi connectivity index (χ1n) is 4.00. The van der Waals surface area contributed by atoms with Crippen LogP contribution in [0, 0.1) is 0 Å². The van der Waals surface area contributed by atoms with Gasteiger partial charge in [-0.2, -0.15) is 0 Å². The van der Waals surface area contributed by atoms with Crippen LogP contribution in [0.15, 0.2) is 16.6 Å². The Kier molecular flexibility index (Phi) is 2.28. The van der Waals surface area contributed by atoms with Gasteiger partial charge in [0.05, 0.1) is 5.02 Å². The number of nitrogens with one attached hydrogen (secondary N) is 1. The first-order valence-corrected chi connectivity index (χ1v) is 5.17. The van der Waals surface area contributed by atoms with Crippen molar-refractivity contribution in [2.45, 2.75) is 12.8 Å². The second-order valence-electron chi connectivity index (χ2n) is 2.92. The average Bonchev–Trinajstić information content (AvgIpc) is 2.12. The van der Waals surface area contributed by atoms with Crippen molar-refractivity contribution in [2.24, 2.45) is 0 Å². The third-order valence-electron chi connectivity index (χ3n) is 2.12. The van der Waals surface area contributed by atoms with E-state index in [0.29, 0.717) is 0 Å². The highest BCUT2D eigenvalue weighted by Crippen LogP contribution is 2.34. The maximum absolute atomic E-state index is 6.12. The van der Waals surface area contributed by atoms with Crippen molar-refractivity contribution in [1.29, 1.82) is 0 Å². The predicted octanol–water partition coefficient (Wildman–Crippen LogP) is 3.46. The molecule has 1 N–H and O–H groups in total. The minimum absolute atomic E-state index is 0.861. The molecule has 0 aromatic heterocycles. The minimum Gasteiger partial charge on any atom is -0.385 e. The monoisotopic (exact) mass is 245 g/mol. The molecular formula is C9H9BrClN. The smallest absolute Gasteiger partial charge is 0.0600 e. The third kappa shape index (κ3) is 1.34. The van der Waals surface area contributed by atoms with Crippen LogP contribution >= 0.6 is 27.5 Å². The summed E-state index contributed by atoms with van der Waals surface area (Å²) in [5.41, 5.74) is 2.44. The first kappa shape index (κ1) is 8.39. The van der Waals surface area contributed by atoms with E-state index in [1.165, 1.54) is 17.7 Å². The molecule has 0 atom stereocenters. The van der Waals surface area contributed by atoms with E-state index in [0.717, 1.165) is 22.5 Å². The Balaban J connectivity index is 2.54. The van der Waals surface area contributed by atoms with Crippen molar-refractivity contribution in [3.8, 4) is 0 Å². The van der Waals surface area contributed by atoms with E-state index in [2.05, 4.69) is 27.3 Å². The zero-order valence-electron chi connectivity index (χ0n) is 6.53. The molecule has 0 spiro atoms. The van der Waals surface area contributed by atoms with Crippen molar-refractivity contribution >= 4 is 33.2 Å². The molecule has 0 amide bonds. The summed E-state index contributed by atoms with van der Waals surface area (Å²) >= 11 is 9.54. The molecule has 1 heterocycles. The molecule has 3 heteroatoms. The van der Waals surface area contributed by atoms with E-state index in [1.54, 1.807) is 0 Å². The topological polar surface area (TPSA) is 12.0 Å². The van der Waals surface area contributed by atoms with Gasteiger partial charge in [0.1, 0.15) is 0 Å². The maximum Gasteiger partial charge on any atom is 0.0600 e. The summed E-state index contributed by atoms with van der Waals surface area (Å²) in [7, 11) is 0. The Labute approximate surface area is 85.2 Å². The fraction of sp³-hybridized carbons (Fsp3) is 0.333. The fourth-order valence-corrected chi connectivity index (χ4v) is 2.12. The summed E-state index contributed by atoms with van der Waals surface area (Å²) < 4.78 is 0.992. The number of hydrogen-bond acceptors (Lipinski definition) is 1. The van der Waals surface area contributed by atoms with Crippen molar-refractivity contribution < 1.29 is 0 Å². The lowest BCUT2D eigenvalue weighted by Crippen LogP contribution is -2.11. The molecule has 12 heavy (non-hydrogen) atoms. The number of fused-ring (bicyclic) bond motifs is 1. The van der Waals surface area contributed by atoms with E-state index in [-0.39, 0.29) is 0 Å². The molecule has 0 saturated carbocycles. The van der Waals surface area contributed by atoms with Crippen molar-refractivity contribution in [3.05, 3.63) is 27.2 Å². The summed E-state index contributed by atoms with van der Waals surface area (Å²) in [6.07, 6.45) is 2.25. The van der Waals surface area contributed by atoms with Gasteiger partial charge in [-0.3, -0.25) is 0 Å². The molecule has 0 bridgehead atoms. The van der Waals surface area contributed by atoms with Gasteiger partial charge in [0.25, 0.3) is 0 Å². The van der Waals surface area contributed by atoms with Crippen LogP contribution in [0.1, 0.15) is 12.0 Å². The third-order valence-corrected chi connectivity index (χ3v) is 3.44. The maximum atomic E-state index is 6.12. The SMILES string of the molecule is Clc1c(Br)ccc2c1CCCN2. The highest BCUT2D eigenvalue weighted by atomic mass is 79.9. The van der Waals surface area contributed by atoms with E-state index >= 15 is 0 Å². The summed E-state index contributed by atoms with van der Waals surface area (Å²) in [5, 5.41) is 4.19. The summed E-state index contributed by atoms with van der Waals surface area (Å²) in [4.78, 5) is 0. The molecule has 0 aliphatic carbocycles. The van der Waals surface area contributed by atoms with E-state index in [9.17, 15) is 0 Å². The first-order chi connectivity index (χ1) is 5.79. The Hall–Kier alpha value is -0.210. The molecular weight excluding hydrogens is 237 g/mol. The number of rotatable bonds is 0. The van der Waals surface area contributed by atoms with Gasteiger partial charge in [0, 0.05) is 16.7 Å². The fourth-order valence-electron chi connectivity index (χ4n) is 1.49. The predicted molar refractivity (Wildman–Crippen MR) is 56.0 cm³/mol. The lowest BCUT2D eigenvalue weighted by Gasteiger charge is -2.19. The largest absolute Gasteiger partial charge is 0.385 e. The van der Waals surface area contributed by atoms with E-state index < -0.39 is 0 Å². The lowest BCUT2D eigenvalue weighted by molar-refractivity contribution is 0.830. The van der Waals surface area contributed by atoms with E-state index in [1.807, 2.05) is 6.07 Å². The van der Waals surface area contributed by atoms with Gasteiger partial charge in [-0.25, -0.2) is 0 Å². The van der Waals surface area contributed by atoms with Crippen LogP contribution in [0.2, 0.25) is 5.02 Å². The normalized spacial score (nSPS) is 15.2. The van der Waals surface area contributed by atoms with Crippen LogP contribution in [-0.2, 0) is 6.42 Å². The highest BCUT2D eigenvalue weighted by Gasteiger charge is 2.13. The van der Waals surface area contributed by atoms with Crippen LogP contribution in [0.3, 0.4) is 0 Å². The summed E-state index contributed by atoms with van der Waals surface area (Å²) in [6.45, 7) is 1.06. The van der Waals surface area contributed by atoms with Crippen molar-refractivity contribution in [1.82, 2.24) is 0 Å². The molecule has 64 valence electrons. The number of anilines is 1. The van der Waals surface area contributed by atoms with Crippen LogP contribution in [-0.4, -0.2) is 6.54 Å². The molecule has 1 aliphatic rings. The average molecular weight is 247 g/mol. The molecule has 2 rings (SSSR count). The molecule has 1 nitrogen and oxygen atoms in total. The Bertz CT molecular complexity index is 312. The van der Waals surface area contributed by atoms with Crippen LogP contribution in [0.25, 0.3) is 0 Å². The second-order valence-corrected chi connectivity index (χ2v) is 4.15. The molecule has 1 aromatic carbocycles. The van der Waals surface area contributed by atoms with Gasteiger partial charge < -0.3 is 5.32 Å². The van der Waals surface area contributed by atoms with E-state index in [4.69, 9.17) is 11.6 Å². The van der Waals surface area contributed by atoms with Gasteiger partial charge in [-0.05, 0) is 46.5 Å². The Morgan fingerprint density at radius 3 is 3.08 bits per heavy atom. The molecule has 1 aliphatic heterocycles. The zero-order valence-corrected chi connectivity index (χ0v) is 8.87. The molecule has 0 radical (unpaired) electrons. The number of benzene rings is 1. The molecule has 1 aromatic rings. The molecule has 0 saturated heterocycles.